The summed E-state index contributed by atoms with van der Waals surface area (Å²) in [5.74, 6) is 1.61. The predicted molar refractivity (Wildman–Crippen MR) is 68.8 cm³/mol. The third kappa shape index (κ3) is 3.39. The first-order valence-corrected chi connectivity index (χ1v) is 6.13. The highest BCUT2D eigenvalue weighted by Gasteiger charge is 2.15. The average molecular weight is 249 g/mol. The van der Waals surface area contributed by atoms with E-state index in [1.54, 1.807) is 0 Å². The number of aryl methyl sites for hydroxylation is 1. The molecule has 0 aliphatic carbocycles. The van der Waals surface area contributed by atoms with Crippen molar-refractivity contribution < 1.29 is 14.3 Å². The topological polar surface area (TPSA) is 47.6 Å². The first-order valence-electron chi connectivity index (χ1n) is 6.13. The summed E-state index contributed by atoms with van der Waals surface area (Å²) >= 11 is 0. The lowest BCUT2D eigenvalue weighted by atomic mass is 10.1. The van der Waals surface area contributed by atoms with Crippen LogP contribution < -0.4 is 14.8 Å². The second kappa shape index (κ2) is 4.88. The summed E-state index contributed by atoms with van der Waals surface area (Å²) < 4.78 is 10.5. The molecule has 1 N–H and O–H groups in total. The molecule has 1 aliphatic rings. The first kappa shape index (κ1) is 12.7. The summed E-state index contributed by atoms with van der Waals surface area (Å²) in [6, 6.07) is 5.80. The third-order valence-corrected chi connectivity index (χ3v) is 2.59. The van der Waals surface area contributed by atoms with Gasteiger partial charge in [-0.05, 0) is 44.9 Å². The van der Waals surface area contributed by atoms with Gasteiger partial charge in [0.1, 0.15) is 0 Å². The van der Waals surface area contributed by atoms with Gasteiger partial charge in [-0.3, -0.25) is 4.79 Å². The van der Waals surface area contributed by atoms with Gasteiger partial charge in [0.25, 0.3) is 0 Å². The van der Waals surface area contributed by atoms with Crippen molar-refractivity contribution in [3.8, 4) is 11.5 Å². The summed E-state index contributed by atoms with van der Waals surface area (Å²) in [4.78, 5) is 11.7. The van der Waals surface area contributed by atoms with Gasteiger partial charge < -0.3 is 14.8 Å². The standard InChI is InChI=1S/C14H19NO3/c1-14(2,3)15-13(16)7-5-10-4-6-11-12(8-10)18-9-17-11/h4,6,8H,5,7,9H2,1-3H3,(H,15,16). The van der Waals surface area contributed by atoms with E-state index in [-0.39, 0.29) is 18.2 Å². The summed E-state index contributed by atoms with van der Waals surface area (Å²) in [7, 11) is 0. The maximum atomic E-state index is 11.7. The lowest BCUT2D eigenvalue weighted by Crippen LogP contribution is -2.40. The zero-order valence-electron chi connectivity index (χ0n) is 11.1. The maximum absolute atomic E-state index is 11.7. The molecule has 1 aromatic rings. The molecular weight excluding hydrogens is 230 g/mol. The van der Waals surface area contributed by atoms with Gasteiger partial charge >= 0.3 is 0 Å². The lowest BCUT2D eigenvalue weighted by Gasteiger charge is -2.20. The number of rotatable bonds is 3. The fourth-order valence-electron chi connectivity index (χ4n) is 1.84. The quantitative estimate of drug-likeness (QED) is 0.893. The summed E-state index contributed by atoms with van der Waals surface area (Å²) in [6.07, 6.45) is 1.19. The van der Waals surface area contributed by atoms with Crippen LogP contribution in [-0.2, 0) is 11.2 Å². The first-order chi connectivity index (χ1) is 8.44. The van der Waals surface area contributed by atoms with Crippen molar-refractivity contribution in [1.29, 1.82) is 0 Å². The van der Waals surface area contributed by atoms with E-state index in [2.05, 4.69) is 5.32 Å². The highest BCUT2D eigenvalue weighted by atomic mass is 16.7. The number of hydrogen-bond donors (Lipinski definition) is 1. The molecule has 0 fully saturated rings. The maximum Gasteiger partial charge on any atom is 0.231 e. The molecule has 98 valence electrons. The Morgan fingerprint density at radius 1 is 1.28 bits per heavy atom. The van der Waals surface area contributed by atoms with Gasteiger partial charge in [0.15, 0.2) is 11.5 Å². The van der Waals surface area contributed by atoms with Crippen LogP contribution in [0.25, 0.3) is 0 Å². The molecular formula is C14H19NO3. The Labute approximate surface area is 107 Å². The van der Waals surface area contributed by atoms with E-state index in [1.165, 1.54) is 0 Å². The van der Waals surface area contributed by atoms with E-state index in [0.29, 0.717) is 12.8 Å². The molecule has 2 rings (SSSR count). The molecule has 0 atom stereocenters. The van der Waals surface area contributed by atoms with Crippen LogP contribution in [0.5, 0.6) is 11.5 Å². The molecule has 18 heavy (non-hydrogen) atoms. The van der Waals surface area contributed by atoms with Crippen LogP contribution in [0.3, 0.4) is 0 Å². The zero-order valence-corrected chi connectivity index (χ0v) is 11.1. The van der Waals surface area contributed by atoms with Crippen LogP contribution in [0, 0.1) is 0 Å². The summed E-state index contributed by atoms with van der Waals surface area (Å²) in [5, 5.41) is 2.95. The van der Waals surface area contributed by atoms with Crippen molar-refractivity contribution in [3.63, 3.8) is 0 Å². The van der Waals surface area contributed by atoms with Crippen LogP contribution in [0.15, 0.2) is 18.2 Å². The minimum absolute atomic E-state index is 0.0696. The third-order valence-electron chi connectivity index (χ3n) is 2.59. The highest BCUT2D eigenvalue weighted by molar-refractivity contribution is 5.76. The number of ether oxygens (including phenoxy) is 2. The average Bonchev–Trinajstić information content (AvgIpc) is 2.71. The van der Waals surface area contributed by atoms with Crippen molar-refractivity contribution in [3.05, 3.63) is 23.8 Å². The predicted octanol–water partition coefficient (Wildman–Crippen LogP) is 2.26. The number of amides is 1. The van der Waals surface area contributed by atoms with Gasteiger partial charge in [0.05, 0.1) is 0 Å². The van der Waals surface area contributed by atoms with E-state index in [1.807, 2.05) is 39.0 Å². The second-order valence-electron chi connectivity index (χ2n) is 5.49. The van der Waals surface area contributed by atoms with Crippen molar-refractivity contribution >= 4 is 5.91 Å². The van der Waals surface area contributed by atoms with E-state index in [0.717, 1.165) is 17.1 Å². The summed E-state index contributed by atoms with van der Waals surface area (Å²) in [6.45, 7) is 6.21. The number of benzene rings is 1. The lowest BCUT2D eigenvalue weighted by molar-refractivity contribution is -0.122. The Bertz CT molecular complexity index is 449. The van der Waals surface area contributed by atoms with Crippen molar-refractivity contribution in [2.45, 2.75) is 39.2 Å². The molecule has 0 saturated carbocycles. The fraction of sp³-hybridized carbons (Fsp3) is 0.500. The van der Waals surface area contributed by atoms with Crippen LogP contribution in [0.1, 0.15) is 32.8 Å². The minimum Gasteiger partial charge on any atom is -0.454 e. The van der Waals surface area contributed by atoms with Gasteiger partial charge in [-0.25, -0.2) is 0 Å². The molecule has 1 amide bonds. The van der Waals surface area contributed by atoms with Crippen LogP contribution in [-0.4, -0.2) is 18.2 Å². The molecule has 0 radical (unpaired) electrons. The number of fused-ring (bicyclic) bond motifs is 1. The Hall–Kier alpha value is -1.71. The largest absolute Gasteiger partial charge is 0.454 e. The molecule has 4 heteroatoms. The van der Waals surface area contributed by atoms with E-state index >= 15 is 0 Å². The van der Waals surface area contributed by atoms with E-state index in [4.69, 9.17) is 9.47 Å². The van der Waals surface area contributed by atoms with Crippen molar-refractivity contribution in [2.75, 3.05) is 6.79 Å². The Balaban J connectivity index is 1.89. The van der Waals surface area contributed by atoms with Gasteiger partial charge in [0, 0.05) is 12.0 Å². The number of carbonyl (C=O) groups is 1. The monoisotopic (exact) mass is 249 g/mol. The normalized spacial score (nSPS) is 13.5. The van der Waals surface area contributed by atoms with Crippen LogP contribution >= 0.6 is 0 Å². The molecule has 0 aromatic heterocycles. The molecule has 1 aromatic carbocycles. The van der Waals surface area contributed by atoms with Crippen LogP contribution in [0.4, 0.5) is 0 Å². The van der Waals surface area contributed by atoms with E-state index < -0.39 is 0 Å². The molecule has 0 saturated heterocycles. The molecule has 1 heterocycles. The number of nitrogens with one attached hydrogen (secondary N) is 1. The van der Waals surface area contributed by atoms with Gasteiger partial charge in [-0.15, -0.1) is 0 Å². The highest BCUT2D eigenvalue weighted by Crippen LogP contribution is 2.32. The molecule has 1 aliphatic heterocycles. The Kier molecular flexibility index (Phi) is 3.45. The number of hydrogen-bond acceptors (Lipinski definition) is 3. The number of carbonyl (C=O) groups excluding carboxylic acids is 1. The van der Waals surface area contributed by atoms with Gasteiger partial charge in [-0.1, -0.05) is 6.07 Å². The zero-order chi connectivity index (χ0) is 13.2. The van der Waals surface area contributed by atoms with Gasteiger partial charge in [-0.2, -0.15) is 0 Å². The Morgan fingerprint density at radius 2 is 2.00 bits per heavy atom. The Morgan fingerprint density at radius 3 is 2.72 bits per heavy atom. The van der Waals surface area contributed by atoms with Crippen LogP contribution in [0.2, 0.25) is 0 Å². The van der Waals surface area contributed by atoms with Gasteiger partial charge in [0.2, 0.25) is 12.7 Å². The molecule has 0 spiro atoms. The molecule has 0 unspecified atom stereocenters. The fourth-order valence-corrected chi connectivity index (χ4v) is 1.84. The molecule has 4 nitrogen and oxygen atoms in total. The minimum atomic E-state index is -0.175. The van der Waals surface area contributed by atoms with Crippen molar-refractivity contribution in [2.24, 2.45) is 0 Å². The van der Waals surface area contributed by atoms with Crippen molar-refractivity contribution in [1.82, 2.24) is 5.32 Å². The SMILES string of the molecule is CC(C)(C)NC(=O)CCc1ccc2c(c1)OCO2. The molecule has 0 bridgehead atoms. The second-order valence-corrected chi connectivity index (χ2v) is 5.49. The van der Waals surface area contributed by atoms with E-state index in [9.17, 15) is 4.79 Å². The smallest absolute Gasteiger partial charge is 0.231 e. The summed E-state index contributed by atoms with van der Waals surface area (Å²) in [5.41, 5.74) is 0.912.